The molecule has 0 aliphatic heterocycles. The van der Waals surface area contributed by atoms with Crippen molar-refractivity contribution in [2.24, 2.45) is 0 Å². The maximum absolute atomic E-state index is 2.37. The van der Waals surface area contributed by atoms with Crippen molar-refractivity contribution >= 4 is 22.7 Å². The lowest BCUT2D eigenvalue weighted by atomic mass is 10.1. The minimum absolute atomic E-state index is 1.26. The summed E-state index contributed by atoms with van der Waals surface area (Å²) in [6.45, 7) is 2.28. The summed E-state index contributed by atoms with van der Waals surface area (Å²) >= 11 is 3.70. The fraction of sp³-hybridized carbons (Fsp3) is 0.500. The first kappa shape index (κ1) is 13.8. The molecule has 0 spiro atoms. The summed E-state index contributed by atoms with van der Waals surface area (Å²) in [5.74, 6) is 0. The van der Waals surface area contributed by atoms with Gasteiger partial charge in [-0.3, -0.25) is 0 Å². The third-order valence-electron chi connectivity index (χ3n) is 3.28. The van der Waals surface area contributed by atoms with Gasteiger partial charge in [0.25, 0.3) is 0 Å². The van der Waals surface area contributed by atoms with Crippen LogP contribution in [0.5, 0.6) is 0 Å². The molecular weight excluding hydrogens is 256 g/mol. The number of hydrogen-bond acceptors (Lipinski definition) is 2. The molecule has 2 heterocycles. The van der Waals surface area contributed by atoms with Gasteiger partial charge in [0.05, 0.1) is 0 Å². The van der Waals surface area contributed by atoms with Crippen molar-refractivity contribution in [1.29, 1.82) is 0 Å². The molecule has 0 aliphatic carbocycles. The van der Waals surface area contributed by atoms with E-state index in [0.717, 1.165) is 0 Å². The van der Waals surface area contributed by atoms with E-state index in [1.165, 1.54) is 56.1 Å². The zero-order valence-corrected chi connectivity index (χ0v) is 12.8. The third kappa shape index (κ3) is 4.25. The van der Waals surface area contributed by atoms with Gasteiger partial charge < -0.3 is 0 Å². The number of hydrogen-bond donors (Lipinski definition) is 0. The average Bonchev–Trinajstić information content (AvgIpc) is 3.03. The first-order valence-corrected chi connectivity index (χ1v) is 8.82. The average molecular weight is 278 g/mol. The molecule has 0 aliphatic rings. The first-order valence-electron chi connectivity index (χ1n) is 7.00. The summed E-state index contributed by atoms with van der Waals surface area (Å²) in [5, 5.41) is 6.69. The highest BCUT2D eigenvalue weighted by Crippen LogP contribution is 2.28. The Morgan fingerprint density at radius 1 is 0.944 bits per heavy atom. The Bertz CT molecular complexity index is 426. The number of aryl methyl sites for hydroxylation is 1. The molecule has 0 radical (unpaired) electrons. The van der Waals surface area contributed by atoms with E-state index < -0.39 is 0 Å². The highest BCUT2D eigenvalue weighted by Gasteiger charge is 2.02. The quantitative estimate of drug-likeness (QED) is 0.491. The van der Waals surface area contributed by atoms with Gasteiger partial charge in [-0.25, -0.2) is 0 Å². The summed E-state index contributed by atoms with van der Waals surface area (Å²) in [5.41, 5.74) is 2.78. The summed E-state index contributed by atoms with van der Waals surface area (Å²) in [6, 6.07) is 4.58. The zero-order chi connectivity index (χ0) is 12.6. The summed E-state index contributed by atoms with van der Waals surface area (Å²) in [4.78, 5) is 1.55. The van der Waals surface area contributed by atoms with Gasteiger partial charge in [-0.15, -0.1) is 11.3 Å². The fourth-order valence-corrected chi connectivity index (χ4v) is 3.78. The molecule has 0 atom stereocenters. The topological polar surface area (TPSA) is 0 Å². The highest BCUT2D eigenvalue weighted by atomic mass is 32.1. The number of unbranched alkanes of at least 4 members (excludes halogenated alkanes) is 5. The molecule has 2 rings (SSSR count). The van der Waals surface area contributed by atoms with Gasteiger partial charge in [0, 0.05) is 4.88 Å². The molecule has 18 heavy (non-hydrogen) atoms. The van der Waals surface area contributed by atoms with E-state index >= 15 is 0 Å². The van der Waals surface area contributed by atoms with Crippen LogP contribution in [0.4, 0.5) is 0 Å². The smallest absolute Gasteiger partial charge is 0.00516 e. The van der Waals surface area contributed by atoms with Crippen LogP contribution >= 0.6 is 22.7 Å². The maximum Gasteiger partial charge on any atom is 0.00516 e. The first-order chi connectivity index (χ1) is 8.90. The van der Waals surface area contributed by atoms with Gasteiger partial charge in [-0.05, 0) is 52.2 Å². The lowest BCUT2D eigenvalue weighted by molar-refractivity contribution is 0.609. The van der Waals surface area contributed by atoms with E-state index in [0.29, 0.717) is 0 Å². The second-order valence-corrected chi connectivity index (χ2v) is 6.61. The normalized spacial score (nSPS) is 10.9. The van der Waals surface area contributed by atoms with Crippen LogP contribution < -0.4 is 0 Å². The molecule has 2 aromatic heterocycles. The van der Waals surface area contributed by atoms with Crippen molar-refractivity contribution < 1.29 is 0 Å². The van der Waals surface area contributed by atoms with Crippen molar-refractivity contribution in [2.45, 2.75) is 51.9 Å². The Hall–Kier alpha value is -0.600. The van der Waals surface area contributed by atoms with Gasteiger partial charge in [0.15, 0.2) is 0 Å². The van der Waals surface area contributed by atoms with Crippen LogP contribution in [0, 0.1) is 0 Å². The Morgan fingerprint density at radius 3 is 2.56 bits per heavy atom. The van der Waals surface area contributed by atoms with Gasteiger partial charge in [-0.2, -0.15) is 11.3 Å². The van der Waals surface area contributed by atoms with Crippen LogP contribution in [0.25, 0.3) is 11.1 Å². The minimum atomic E-state index is 1.26. The molecule has 98 valence electrons. The maximum atomic E-state index is 2.37. The monoisotopic (exact) mass is 278 g/mol. The zero-order valence-electron chi connectivity index (χ0n) is 11.2. The van der Waals surface area contributed by atoms with Crippen LogP contribution in [-0.4, -0.2) is 0 Å². The highest BCUT2D eigenvalue weighted by molar-refractivity contribution is 7.10. The molecule has 0 fully saturated rings. The van der Waals surface area contributed by atoms with Gasteiger partial charge in [-0.1, -0.05) is 39.0 Å². The SMILES string of the molecule is CCCCCCCCc1cc(-c2ccsc2)cs1. The van der Waals surface area contributed by atoms with Crippen LogP contribution in [0.2, 0.25) is 0 Å². The van der Waals surface area contributed by atoms with Crippen LogP contribution in [0.3, 0.4) is 0 Å². The Balaban J connectivity index is 1.71. The standard InChI is InChI=1S/C16H22S2/c1-2-3-4-5-6-7-8-16-11-15(13-18-16)14-9-10-17-12-14/h9-13H,2-8H2,1H3. The van der Waals surface area contributed by atoms with Crippen molar-refractivity contribution in [3.63, 3.8) is 0 Å². The van der Waals surface area contributed by atoms with E-state index in [4.69, 9.17) is 0 Å². The van der Waals surface area contributed by atoms with Crippen LogP contribution in [0.1, 0.15) is 50.3 Å². The van der Waals surface area contributed by atoms with Crippen molar-refractivity contribution in [1.82, 2.24) is 0 Å². The molecule has 0 saturated heterocycles. The number of rotatable bonds is 8. The minimum Gasteiger partial charge on any atom is -0.152 e. The molecule has 0 nitrogen and oxygen atoms in total. The molecule has 0 saturated carbocycles. The Morgan fingerprint density at radius 2 is 1.78 bits per heavy atom. The van der Waals surface area contributed by atoms with Crippen LogP contribution in [0.15, 0.2) is 28.3 Å². The fourth-order valence-electron chi connectivity index (χ4n) is 2.17. The molecule has 0 N–H and O–H groups in total. The van der Waals surface area contributed by atoms with Gasteiger partial charge in [0.2, 0.25) is 0 Å². The van der Waals surface area contributed by atoms with E-state index in [9.17, 15) is 0 Å². The molecule has 0 bridgehead atoms. The van der Waals surface area contributed by atoms with E-state index in [1.54, 1.807) is 16.2 Å². The van der Waals surface area contributed by atoms with Crippen molar-refractivity contribution in [3.8, 4) is 11.1 Å². The summed E-state index contributed by atoms with van der Waals surface area (Å²) < 4.78 is 0. The second-order valence-electron chi connectivity index (χ2n) is 4.83. The molecule has 2 aromatic rings. The number of thiophene rings is 2. The molecule has 2 heteroatoms. The van der Waals surface area contributed by atoms with Gasteiger partial charge >= 0.3 is 0 Å². The molecule has 0 aromatic carbocycles. The lowest BCUT2D eigenvalue weighted by Gasteiger charge is -1.99. The van der Waals surface area contributed by atoms with Crippen LogP contribution in [-0.2, 0) is 6.42 Å². The molecular formula is C16H22S2. The predicted molar refractivity (Wildman–Crippen MR) is 84.7 cm³/mol. The van der Waals surface area contributed by atoms with Crippen molar-refractivity contribution in [3.05, 3.63) is 33.2 Å². The van der Waals surface area contributed by atoms with Crippen molar-refractivity contribution in [2.75, 3.05) is 0 Å². The predicted octanol–water partition coefficient (Wildman–Crippen LogP) is 6.38. The van der Waals surface area contributed by atoms with E-state index in [2.05, 4.69) is 35.2 Å². The summed E-state index contributed by atoms with van der Waals surface area (Å²) in [7, 11) is 0. The molecule has 0 amide bonds. The molecule has 0 unspecified atom stereocenters. The Labute approximate surface area is 119 Å². The second kappa shape index (κ2) is 7.75. The van der Waals surface area contributed by atoms with E-state index in [-0.39, 0.29) is 0 Å². The Kier molecular flexibility index (Phi) is 5.95. The van der Waals surface area contributed by atoms with E-state index in [1.807, 2.05) is 11.3 Å². The van der Waals surface area contributed by atoms with Gasteiger partial charge in [0.1, 0.15) is 0 Å². The lowest BCUT2D eigenvalue weighted by Crippen LogP contribution is -1.82. The summed E-state index contributed by atoms with van der Waals surface area (Å²) in [6.07, 6.45) is 9.59. The third-order valence-corrected chi connectivity index (χ3v) is 4.96. The largest absolute Gasteiger partial charge is 0.152 e.